The van der Waals surface area contributed by atoms with E-state index in [2.05, 4.69) is 4.90 Å². The summed E-state index contributed by atoms with van der Waals surface area (Å²) in [6.07, 6.45) is 3.33. The fourth-order valence-electron chi connectivity index (χ4n) is 2.92. The third-order valence-electron chi connectivity index (χ3n) is 3.73. The summed E-state index contributed by atoms with van der Waals surface area (Å²) in [6, 6.07) is 0. The highest BCUT2D eigenvalue weighted by Gasteiger charge is 2.40. The summed E-state index contributed by atoms with van der Waals surface area (Å²) in [4.78, 5) is 12.7. The SMILES string of the molecule is O=C(O)CCN1CCC[C@]2(C[C@H](O)CCO2)C1. The van der Waals surface area contributed by atoms with Gasteiger partial charge in [0.15, 0.2) is 0 Å². The Morgan fingerprint density at radius 2 is 2.35 bits per heavy atom. The molecule has 2 heterocycles. The number of hydrogen-bond acceptors (Lipinski definition) is 4. The first-order chi connectivity index (χ1) is 8.10. The topological polar surface area (TPSA) is 70.0 Å². The van der Waals surface area contributed by atoms with Crippen molar-refractivity contribution >= 4 is 5.97 Å². The lowest BCUT2D eigenvalue weighted by Crippen LogP contribution is -2.54. The van der Waals surface area contributed by atoms with Crippen molar-refractivity contribution in [1.82, 2.24) is 4.90 Å². The first kappa shape index (κ1) is 12.8. The van der Waals surface area contributed by atoms with Crippen molar-refractivity contribution in [2.45, 2.75) is 43.8 Å². The summed E-state index contributed by atoms with van der Waals surface area (Å²) in [6.45, 7) is 2.90. The quantitative estimate of drug-likeness (QED) is 0.754. The molecule has 0 saturated carbocycles. The predicted octanol–water partition coefficient (Wildman–Crippen LogP) is 0.467. The molecule has 1 spiro atoms. The molecule has 0 bridgehead atoms. The van der Waals surface area contributed by atoms with E-state index in [4.69, 9.17) is 9.84 Å². The number of carboxylic acids is 1. The molecule has 2 fully saturated rings. The molecule has 2 atom stereocenters. The summed E-state index contributed by atoms with van der Waals surface area (Å²) < 4.78 is 5.86. The normalized spacial score (nSPS) is 35.0. The van der Waals surface area contributed by atoms with Crippen LogP contribution in [0.15, 0.2) is 0 Å². The minimum Gasteiger partial charge on any atom is -0.481 e. The van der Waals surface area contributed by atoms with E-state index in [0.29, 0.717) is 19.6 Å². The van der Waals surface area contributed by atoms with Crippen molar-refractivity contribution in [2.75, 3.05) is 26.2 Å². The fraction of sp³-hybridized carbons (Fsp3) is 0.917. The number of piperidine rings is 1. The zero-order chi connectivity index (χ0) is 12.3. The van der Waals surface area contributed by atoms with Crippen LogP contribution in [0, 0.1) is 0 Å². The van der Waals surface area contributed by atoms with Crippen molar-refractivity contribution < 1.29 is 19.7 Å². The number of carboxylic acid groups (broad SMARTS) is 1. The van der Waals surface area contributed by atoms with E-state index < -0.39 is 5.97 Å². The third-order valence-corrected chi connectivity index (χ3v) is 3.73. The van der Waals surface area contributed by atoms with Gasteiger partial charge >= 0.3 is 5.97 Å². The third kappa shape index (κ3) is 3.40. The molecule has 0 aliphatic carbocycles. The number of carbonyl (C=O) groups is 1. The Labute approximate surface area is 101 Å². The molecule has 98 valence electrons. The van der Waals surface area contributed by atoms with Gasteiger partial charge in [-0.25, -0.2) is 0 Å². The molecule has 2 rings (SSSR count). The average molecular weight is 243 g/mol. The second-order valence-corrected chi connectivity index (χ2v) is 5.20. The zero-order valence-electron chi connectivity index (χ0n) is 10.1. The van der Waals surface area contributed by atoms with Crippen molar-refractivity contribution in [3.63, 3.8) is 0 Å². The van der Waals surface area contributed by atoms with E-state index in [1.165, 1.54) is 0 Å². The lowest BCUT2D eigenvalue weighted by atomic mass is 9.84. The summed E-state index contributed by atoms with van der Waals surface area (Å²) >= 11 is 0. The molecule has 5 heteroatoms. The summed E-state index contributed by atoms with van der Waals surface area (Å²) in [7, 11) is 0. The second-order valence-electron chi connectivity index (χ2n) is 5.20. The molecule has 0 aromatic carbocycles. The molecule has 5 nitrogen and oxygen atoms in total. The molecular weight excluding hydrogens is 222 g/mol. The van der Waals surface area contributed by atoms with Crippen molar-refractivity contribution in [3.8, 4) is 0 Å². The average Bonchev–Trinajstić information content (AvgIpc) is 2.26. The maximum absolute atomic E-state index is 10.6. The van der Waals surface area contributed by atoms with Gasteiger partial charge < -0.3 is 14.9 Å². The van der Waals surface area contributed by atoms with E-state index >= 15 is 0 Å². The van der Waals surface area contributed by atoms with Crippen molar-refractivity contribution in [2.24, 2.45) is 0 Å². The van der Waals surface area contributed by atoms with Crippen LogP contribution in [0.2, 0.25) is 0 Å². The summed E-state index contributed by atoms with van der Waals surface area (Å²) in [5, 5.41) is 18.4. The van der Waals surface area contributed by atoms with Crippen molar-refractivity contribution in [3.05, 3.63) is 0 Å². The zero-order valence-corrected chi connectivity index (χ0v) is 10.1. The van der Waals surface area contributed by atoms with E-state index in [-0.39, 0.29) is 18.1 Å². The van der Waals surface area contributed by atoms with Gasteiger partial charge in [0.25, 0.3) is 0 Å². The van der Waals surface area contributed by atoms with Gasteiger partial charge in [0, 0.05) is 26.1 Å². The number of likely N-dealkylation sites (tertiary alicyclic amines) is 1. The second kappa shape index (κ2) is 5.33. The number of aliphatic hydroxyl groups excluding tert-OH is 1. The molecule has 0 unspecified atom stereocenters. The minimum absolute atomic E-state index is 0.179. The monoisotopic (exact) mass is 243 g/mol. The Morgan fingerprint density at radius 1 is 1.53 bits per heavy atom. The minimum atomic E-state index is -0.755. The smallest absolute Gasteiger partial charge is 0.304 e. The predicted molar refractivity (Wildman–Crippen MR) is 61.9 cm³/mol. The van der Waals surface area contributed by atoms with Gasteiger partial charge in [0.2, 0.25) is 0 Å². The van der Waals surface area contributed by atoms with Crippen LogP contribution in [0.25, 0.3) is 0 Å². The Kier molecular flexibility index (Phi) is 4.01. The van der Waals surface area contributed by atoms with Gasteiger partial charge in [0.05, 0.1) is 18.1 Å². The van der Waals surface area contributed by atoms with Crippen LogP contribution in [0.4, 0.5) is 0 Å². The standard InChI is InChI=1S/C12H21NO4/c14-10-3-7-17-12(8-10)4-1-5-13(9-12)6-2-11(15)16/h10,14H,1-9H2,(H,15,16)/t10-,12+/m1/s1. The maximum atomic E-state index is 10.6. The number of rotatable bonds is 3. The molecule has 17 heavy (non-hydrogen) atoms. The molecule has 0 aromatic rings. The highest BCUT2D eigenvalue weighted by molar-refractivity contribution is 5.66. The molecule has 2 aliphatic rings. The Morgan fingerprint density at radius 3 is 3.06 bits per heavy atom. The highest BCUT2D eigenvalue weighted by Crippen LogP contribution is 2.33. The van der Waals surface area contributed by atoms with Crippen LogP contribution < -0.4 is 0 Å². The number of aliphatic carboxylic acids is 1. The molecular formula is C12H21NO4. The van der Waals surface area contributed by atoms with Crippen LogP contribution in [0.3, 0.4) is 0 Å². The van der Waals surface area contributed by atoms with E-state index in [1.807, 2.05) is 0 Å². The number of aliphatic hydroxyl groups is 1. The molecule has 0 aromatic heterocycles. The van der Waals surface area contributed by atoms with Crippen LogP contribution in [-0.2, 0) is 9.53 Å². The number of ether oxygens (including phenoxy) is 1. The lowest BCUT2D eigenvalue weighted by molar-refractivity contribution is -0.149. The Balaban J connectivity index is 1.89. The first-order valence-corrected chi connectivity index (χ1v) is 6.36. The van der Waals surface area contributed by atoms with Gasteiger partial charge in [-0.15, -0.1) is 0 Å². The molecule has 2 saturated heterocycles. The lowest BCUT2D eigenvalue weighted by Gasteiger charge is -2.46. The van der Waals surface area contributed by atoms with Crippen LogP contribution in [-0.4, -0.2) is 59.0 Å². The largest absolute Gasteiger partial charge is 0.481 e. The summed E-state index contributed by atoms with van der Waals surface area (Å²) in [5.74, 6) is -0.755. The van der Waals surface area contributed by atoms with Crippen molar-refractivity contribution in [1.29, 1.82) is 0 Å². The highest BCUT2D eigenvalue weighted by atomic mass is 16.5. The van der Waals surface area contributed by atoms with Gasteiger partial charge in [-0.1, -0.05) is 0 Å². The van der Waals surface area contributed by atoms with Gasteiger partial charge in [-0.2, -0.15) is 0 Å². The van der Waals surface area contributed by atoms with Crippen LogP contribution >= 0.6 is 0 Å². The molecule has 0 amide bonds. The van der Waals surface area contributed by atoms with Gasteiger partial charge in [0.1, 0.15) is 0 Å². The Hall–Kier alpha value is -0.650. The molecule has 0 radical (unpaired) electrons. The molecule has 2 N–H and O–H groups in total. The van der Waals surface area contributed by atoms with E-state index in [9.17, 15) is 9.90 Å². The van der Waals surface area contributed by atoms with E-state index in [1.54, 1.807) is 0 Å². The fourth-order valence-corrected chi connectivity index (χ4v) is 2.92. The first-order valence-electron chi connectivity index (χ1n) is 6.36. The Bertz CT molecular complexity index is 280. The maximum Gasteiger partial charge on any atom is 0.304 e. The van der Waals surface area contributed by atoms with Gasteiger partial charge in [-0.3, -0.25) is 9.69 Å². The van der Waals surface area contributed by atoms with Gasteiger partial charge in [-0.05, 0) is 25.8 Å². The number of hydrogen-bond donors (Lipinski definition) is 2. The van der Waals surface area contributed by atoms with Crippen LogP contribution in [0.1, 0.15) is 32.1 Å². The van der Waals surface area contributed by atoms with E-state index in [0.717, 1.165) is 32.4 Å². The van der Waals surface area contributed by atoms with Crippen LogP contribution in [0.5, 0.6) is 0 Å². The summed E-state index contributed by atoms with van der Waals surface area (Å²) in [5.41, 5.74) is -0.228. The molecule has 2 aliphatic heterocycles. The number of nitrogens with zero attached hydrogens (tertiary/aromatic N) is 1.